The second-order valence-electron chi connectivity index (χ2n) is 5.31. The summed E-state index contributed by atoms with van der Waals surface area (Å²) in [6, 6.07) is 8.02. The Labute approximate surface area is 134 Å². The normalized spacial score (nSPS) is 10.3. The molecule has 0 saturated carbocycles. The largest absolute Gasteiger partial charge is 0.361 e. The predicted octanol–water partition coefficient (Wildman–Crippen LogP) is 2.64. The van der Waals surface area contributed by atoms with E-state index < -0.39 is 4.92 Å². The molecule has 0 aliphatic heterocycles. The molecule has 120 valence electrons. The SMILES string of the molecule is Cc1c(C(=O)N(C)c2cccnc2N(C)C)cccc1[N+](=O)[O-]. The maximum Gasteiger partial charge on any atom is 0.273 e. The Kier molecular flexibility index (Phi) is 4.59. The summed E-state index contributed by atoms with van der Waals surface area (Å²) >= 11 is 0. The quantitative estimate of drug-likeness (QED) is 0.640. The van der Waals surface area contributed by atoms with Crippen molar-refractivity contribution >= 4 is 23.1 Å². The Hall–Kier alpha value is -2.96. The van der Waals surface area contributed by atoms with E-state index in [1.165, 1.54) is 17.0 Å². The second-order valence-corrected chi connectivity index (χ2v) is 5.31. The average Bonchev–Trinajstić information content (AvgIpc) is 2.53. The van der Waals surface area contributed by atoms with Crippen LogP contribution >= 0.6 is 0 Å². The van der Waals surface area contributed by atoms with Gasteiger partial charge in [0.05, 0.1) is 10.6 Å². The van der Waals surface area contributed by atoms with Gasteiger partial charge in [0.25, 0.3) is 11.6 Å². The number of amides is 1. The lowest BCUT2D eigenvalue weighted by Gasteiger charge is -2.23. The van der Waals surface area contributed by atoms with Crippen molar-refractivity contribution in [2.24, 2.45) is 0 Å². The van der Waals surface area contributed by atoms with Gasteiger partial charge in [0.15, 0.2) is 5.82 Å². The van der Waals surface area contributed by atoms with E-state index >= 15 is 0 Å². The first-order chi connectivity index (χ1) is 10.8. The zero-order valence-corrected chi connectivity index (χ0v) is 13.5. The van der Waals surface area contributed by atoms with Crippen LogP contribution in [0.15, 0.2) is 36.5 Å². The number of rotatable bonds is 4. The van der Waals surface area contributed by atoms with E-state index in [0.29, 0.717) is 22.6 Å². The molecule has 0 aliphatic carbocycles. The van der Waals surface area contributed by atoms with Gasteiger partial charge in [-0.2, -0.15) is 0 Å². The van der Waals surface area contributed by atoms with Gasteiger partial charge in [0.2, 0.25) is 0 Å². The molecule has 1 heterocycles. The van der Waals surface area contributed by atoms with Crippen molar-refractivity contribution in [2.45, 2.75) is 6.92 Å². The van der Waals surface area contributed by atoms with Crippen LogP contribution in [-0.4, -0.2) is 37.0 Å². The highest BCUT2D eigenvalue weighted by Gasteiger charge is 2.23. The fourth-order valence-corrected chi connectivity index (χ4v) is 2.34. The lowest BCUT2D eigenvalue weighted by atomic mass is 10.1. The zero-order chi connectivity index (χ0) is 17.1. The van der Waals surface area contributed by atoms with E-state index in [1.54, 1.807) is 43.3 Å². The van der Waals surface area contributed by atoms with Crippen LogP contribution in [0.25, 0.3) is 0 Å². The van der Waals surface area contributed by atoms with Crippen LogP contribution in [-0.2, 0) is 0 Å². The second kappa shape index (κ2) is 6.43. The summed E-state index contributed by atoms with van der Waals surface area (Å²) in [6.45, 7) is 1.58. The van der Waals surface area contributed by atoms with Crippen molar-refractivity contribution in [3.63, 3.8) is 0 Å². The number of nitro benzene ring substituents is 1. The monoisotopic (exact) mass is 314 g/mol. The van der Waals surface area contributed by atoms with Crippen molar-refractivity contribution in [1.29, 1.82) is 0 Å². The van der Waals surface area contributed by atoms with Crippen LogP contribution < -0.4 is 9.80 Å². The van der Waals surface area contributed by atoms with E-state index in [0.717, 1.165) is 0 Å². The average molecular weight is 314 g/mol. The molecule has 2 rings (SSSR count). The highest BCUT2D eigenvalue weighted by Crippen LogP contribution is 2.28. The third-order valence-corrected chi connectivity index (χ3v) is 3.59. The third-order valence-electron chi connectivity index (χ3n) is 3.59. The number of pyridine rings is 1. The van der Waals surface area contributed by atoms with Gasteiger partial charge in [-0.3, -0.25) is 14.9 Å². The van der Waals surface area contributed by atoms with Gasteiger partial charge in [0.1, 0.15) is 0 Å². The number of carbonyl (C=O) groups is 1. The number of nitro groups is 1. The number of hydrogen-bond donors (Lipinski definition) is 0. The Bertz CT molecular complexity index is 759. The van der Waals surface area contributed by atoms with Gasteiger partial charge >= 0.3 is 0 Å². The van der Waals surface area contributed by atoms with Crippen LogP contribution in [0, 0.1) is 17.0 Å². The summed E-state index contributed by atoms with van der Waals surface area (Å²) in [5.74, 6) is 0.328. The molecule has 23 heavy (non-hydrogen) atoms. The smallest absolute Gasteiger partial charge is 0.273 e. The molecule has 1 aromatic carbocycles. The minimum Gasteiger partial charge on any atom is -0.361 e. The van der Waals surface area contributed by atoms with Crippen LogP contribution in [0.4, 0.5) is 17.2 Å². The van der Waals surface area contributed by atoms with E-state index in [2.05, 4.69) is 4.98 Å². The van der Waals surface area contributed by atoms with Gasteiger partial charge in [-0.25, -0.2) is 4.98 Å². The number of carbonyl (C=O) groups excluding carboxylic acids is 1. The Morgan fingerprint density at radius 1 is 1.17 bits per heavy atom. The van der Waals surface area contributed by atoms with E-state index in [1.807, 2.05) is 14.1 Å². The third kappa shape index (κ3) is 3.13. The first kappa shape index (κ1) is 16.4. The first-order valence-corrected chi connectivity index (χ1v) is 6.99. The molecule has 0 atom stereocenters. The van der Waals surface area contributed by atoms with Crippen LogP contribution in [0.2, 0.25) is 0 Å². The van der Waals surface area contributed by atoms with Crippen LogP contribution in [0.5, 0.6) is 0 Å². The summed E-state index contributed by atoms with van der Waals surface area (Å²) in [4.78, 5) is 30.9. The van der Waals surface area contributed by atoms with Gasteiger partial charge in [0, 0.05) is 44.5 Å². The van der Waals surface area contributed by atoms with Crippen LogP contribution in [0.3, 0.4) is 0 Å². The van der Waals surface area contributed by atoms with Gasteiger partial charge < -0.3 is 9.80 Å². The molecule has 1 aromatic heterocycles. The van der Waals surface area contributed by atoms with E-state index in [4.69, 9.17) is 0 Å². The van der Waals surface area contributed by atoms with Crippen molar-refractivity contribution in [3.8, 4) is 0 Å². The topological polar surface area (TPSA) is 79.6 Å². The summed E-state index contributed by atoms with van der Waals surface area (Å²) in [6.07, 6.45) is 1.65. The molecule has 0 spiro atoms. The molecule has 0 radical (unpaired) electrons. The molecular formula is C16H18N4O3. The molecule has 7 heteroatoms. The standard InChI is InChI=1S/C16H18N4O3/c1-11-12(7-5-8-13(11)20(22)23)16(21)19(4)14-9-6-10-17-15(14)18(2)3/h5-10H,1-4H3. The minimum atomic E-state index is -0.485. The van der Waals surface area contributed by atoms with E-state index in [-0.39, 0.29) is 11.6 Å². The molecule has 0 aliphatic rings. The molecular weight excluding hydrogens is 296 g/mol. The fourth-order valence-electron chi connectivity index (χ4n) is 2.34. The number of aromatic nitrogens is 1. The molecule has 0 unspecified atom stereocenters. The van der Waals surface area contributed by atoms with Crippen molar-refractivity contribution in [2.75, 3.05) is 30.9 Å². The van der Waals surface area contributed by atoms with Gasteiger partial charge in [-0.15, -0.1) is 0 Å². The number of anilines is 2. The van der Waals surface area contributed by atoms with Gasteiger partial charge in [-0.05, 0) is 25.1 Å². The molecule has 0 fully saturated rings. The summed E-state index contributed by atoms with van der Waals surface area (Å²) in [7, 11) is 5.30. The maximum atomic E-state index is 12.8. The Balaban J connectivity index is 2.46. The molecule has 1 amide bonds. The highest BCUT2D eigenvalue weighted by atomic mass is 16.6. The number of hydrogen-bond acceptors (Lipinski definition) is 5. The maximum absolute atomic E-state index is 12.8. The van der Waals surface area contributed by atoms with Crippen molar-refractivity contribution in [3.05, 3.63) is 57.8 Å². The summed E-state index contributed by atoms with van der Waals surface area (Å²) in [5, 5.41) is 11.0. The lowest BCUT2D eigenvalue weighted by molar-refractivity contribution is -0.385. The molecule has 2 aromatic rings. The van der Waals surface area contributed by atoms with E-state index in [9.17, 15) is 14.9 Å². The van der Waals surface area contributed by atoms with Gasteiger partial charge in [-0.1, -0.05) is 6.07 Å². The molecule has 0 N–H and O–H groups in total. The van der Waals surface area contributed by atoms with Crippen molar-refractivity contribution < 1.29 is 9.72 Å². The molecule has 0 saturated heterocycles. The molecule has 7 nitrogen and oxygen atoms in total. The Morgan fingerprint density at radius 3 is 2.48 bits per heavy atom. The lowest BCUT2D eigenvalue weighted by Crippen LogP contribution is -2.29. The minimum absolute atomic E-state index is 0.0664. The predicted molar refractivity (Wildman–Crippen MR) is 89.1 cm³/mol. The van der Waals surface area contributed by atoms with Crippen molar-refractivity contribution in [1.82, 2.24) is 4.98 Å². The number of benzene rings is 1. The number of nitrogens with zero attached hydrogens (tertiary/aromatic N) is 4. The zero-order valence-electron chi connectivity index (χ0n) is 13.5. The first-order valence-electron chi connectivity index (χ1n) is 6.99. The molecule has 0 bridgehead atoms. The summed E-state index contributed by atoms with van der Waals surface area (Å²) in [5.41, 5.74) is 1.22. The Morgan fingerprint density at radius 2 is 1.87 bits per heavy atom. The van der Waals surface area contributed by atoms with Crippen LogP contribution in [0.1, 0.15) is 15.9 Å². The summed E-state index contributed by atoms with van der Waals surface area (Å²) < 4.78 is 0. The highest BCUT2D eigenvalue weighted by molar-refractivity contribution is 6.08. The fraction of sp³-hybridized carbons (Fsp3) is 0.250.